The van der Waals surface area contributed by atoms with Crippen molar-refractivity contribution in [1.82, 2.24) is 5.32 Å². The van der Waals surface area contributed by atoms with E-state index in [0.717, 1.165) is 0 Å². The first-order valence-corrected chi connectivity index (χ1v) is 5.94. The molecule has 0 saturated heterocycles. The minimum atomic E-state index is -0.355. The third-order valence-corrected chi connectivity index (χ3v) is 2.71. The van der Waals surface area contributed by atoms with Crippen LogP contribution in [0.5, 0.6) is 0 Å². The van der Waals surface area contributed by atoms with E-state index in [4.69, 9.17) is 23.2 Å². The highest BCUT2D eigenvalue weighted by molar-refractivity contribution is 6.43. The first kappa shape index (κ1) is 13.9. The van der Waals surface area contributed by atoms with Gasteiger partial charge in [-0.15, -0.1) is 0 Å². The number of carbonyl (C=O) groups excluding carboxylic acids is 1. The van der Waals surface area contributed by atoms with E-state index in [-0.39, 0.29) is 6.03 Å². The van der Waals surface area contributed by atoms with Gasteiger partial charge in [0.2, 0.25) is 0 Å². The summed E-state index contributed by atoms with van der Waals surface area (Å²) in [5, 5.41) is 5.92. The normalized spacial score (nSPS) is 10.9. The zero-order valence-corrected chi connectivity index (χ0v) is 11.1. The summed E-state index contributed by atoms with van der Waals surface area (Å²) in [4.78, 5) is 11.5. The molecule has 0 saturated carbocycles. The Hall–Kier alpha value is -1.19. The molecular formula is C12H14Cl2N2O. The third kappa shape index (κ3) is 4.67. The number of allylic oxidation sites excluding steroid dienone is 1. The van der Waals surface area contributed by atoms with Crippen molar-refractivity contribution < 1.29 is 4.79 Å². The predicted molar refractivity (Wildman–Crippen MR) is 72.6 cm³/mol. The van der Waals surface area contributed by atoms with E-state index in [1.807, 2.05) is 19.9 Å². The molecule has 0 radical (unpaired) electrons. The molecule has 0 bridgehead atoms. The van der Waals surface area contributed by atoms with Gasteiger partial charge in [0.25, 0.3) is 0 Å². The molecule has 1 aromatic carbocycles. The van der Waals surface area contributed by atoms with Crippen LogP contribution in [0.4, 0.5) is 10.5 Å². The van der Waals surface area contributed by atoms with Gasteiger partial charge in [-0.05, 0) is 18.1 Å². The van der Waals surface area contributed by atoms with Crippen LogP contribution >= 0.6 is 23.2 Å². The summed E-state index contributed by atoms with van der Waals surface area (Å²) in [5.74, 6) is 0.380. The second kappa shape index (κ2) is 6.52. The molecule has 17 heavy (non-hydrogen) atoms. The van der Waals surface area contributed by atoms with Crippen molar-refractivity contribution in [3.8, 4) is 0 Å². The first-order chi connectivity index (χ1) is 8.00. The molecule has 2 N–H and O–H groups in total. The molecular weight excluding hydrogens is 259 g/mol. The summed E-state index contributed by atoms with van der Waals surface area (Å²) in [5.41, 5.74) is 0.481. The number of hydrogen-bond donors (Lipinski definition) is 2. The van der Waals surface area contributed by atoms with E-state index in [2.05, 4.69) is 10.6 Å². The van der Waals surface area contributed by atoms with Crippen LogP contribution in [0.15, 0.2) is 30.5 Å². The number of hydrogen-bond acceptors (Lipinski definition) is 1. The molecule has 0 aliphatic rings. The van der Waals surface area contributed by atoms with Gasteiger partial charge < -0.3 is 10.6 Å². The van der Waals surface area contributed by atoms with Crippen LogP contribution < -0.4 is 10.6 Å². The van der Waals surface area contributed by atoms with Crippen LogP contribution in [0, 0.1) is 5.92 Å². The summed E-state index contributed by atoms with van der Waals surface area (Å²) in [6.07, 6.45) is 3.47. The Morgan fingerprint density at radius 2 is 2.06 bits per heavy atom. The quantitative estimate of drug-likeness (QED) is 0.847. The van der Waals surface area contributed by atoms with E-state index in [1.165, 1.54) is 0 Å². The topological polar surface area (TPSA) is 41.1 Å². The van der Waals surface area contributed by atoms with Gasteiger partial charge in [-0.1, -0.05) is 49.2 Å². The Morgan fingerprint density at radius 1 is 1.35 bits per heavy atom. The van der Waals surface area contributed by atoms with Crippen molar-refractivity contribution in [2.45, 2.75) is 13.8 Å². The molecule has 3 nitrogen and oxygen atoms in total. The number of carbonyl (C=O) groups is 1. The highest BCUT2D eigenvalue weighted by Gasteiger charge is 2.06. The Kier molecular flexibility index (Phi) is 5.32. The summed E-state index contributed by atoms with van der Waals surface area (Å²) in [6.45, 7) is 4.04. The van der Waals surface area contributed by atoms with Gasteiger partial charge >= 0.3 is 6.03 Å². The molecule has 1 rings (SSSR count). The van der Waals surface area contributed by atoms with Crippen molar-refractivity contribution >= 4 is 34.9 Å². The average molecular weight is 273 g/mol. The molecule has 0 atom stereocenters. The van der Waals surface area contributed by atoms with Gasteiger partial charge in [-0.3, -0.25) is 0 Å². The van der Waals surface area contributed by atoms with Crippen LogP contribution in [0.2, 0.25) is 10.0 Å². The molecule has 92 valence electrons. The maximum atomic E-state index is 11.5. The molecule has 0 aromatic heterocycles. The number of benzene rings is 1. The number of urea groups is 1. The zero-order chi connectivity index (χ0) is 12.8. The molecule has 0 spiro atoms. The lowest BCUT2D eigenvalue weighted by atomic mass is 10.2. The van der Waals surface area contributed by atoms with E-state index >= 15 is 0 Å². The molecule has 5 heteroatoms. The van der Waals surface area contributed by atoms with Gasteiger partial charge in [0, 0.05) is 6.20 Å². The molecule has 0 fully saturated rings. The van der Waals surface area contributed by atoms with Crippen molar-refractivity contribution in [1.29, 1.82) is 0 Å². The number of rotatable bonds is 3. The highest BCUT2D eigenvalue weighted by Crippen LogP contribution is 2.29. The van der Waals surface area contributed by atoms with Crippen LogP contribution in [-0.2, 0) is 0 Å². The number of nitrogens with one attached hydrogen (secondary N) is 2. The molecule has 1 aromatic rings. The minimum Gasteiger partial charge on any atom is -0.315 e. The molecule has 0 aliphatic carbocycles. The number of halogens is 2. The van der Waals surface area contributed by atoms with Gasteiger partial charge in [-0.25, -0.2) is 4.79 Å². The van der Waals surface area contributed by atoms with Crippen LogP contribution in [0.3, 0.4) is 0 Å². The van der Waals surface area contributed by atoms with E-state index < -0.39 is 0 Å². The smallest absolute Gasteiger partial charge is 0.315 e. The molecule has 0 heterocycles. The van der Waals surface area contributed by atoms with E-state index in [9.17, 15) is 4.79 Å². The Balaban J connectivity index is 2.60. The van der Waals surface area contributed by atoms with Gasteiger partial charge in [0.15, 0.2) is 0 Å². The minimum absolute atomic E-state index is 0.331. The lowest BCUT2D eigenvalue weighted by molar-refractivity contribution is 0.255. The fraction of sp³-hybridized carbons (Fsp3) is 0.250. The number of anilines is 1. The number of amides is 2. The van der Waals surface area contributed by atoms with Crippen LogP contribution in [0.25, 0.3) is 0 Å². The van der Waals surface area contributed by atoms with Crippen LogP contribution in [0.1, 0.15) is 13.8 Å². The lowest BCUT2D eigenvalue weighted by Crippen LogP contribution is -2.24. The van der Waals surface area contributed by atoms with E-state index in [1.54, 1.807) is 24.4 Å². The lowest BCUT2D eigenvalue weighted by Gasteiger charge is -2.07. The summed E-state index contributed by atoms with van der Waals surface area (Å²) in [7, 11) is 0. The highest BCUT2D eigenvalue weighted by atomic mass is 35.5. The summed E-state index contributed by atoms with van der Waals surface area (Å²) < 4.78 is 0. The fourth-order valence-electron chi connectivity index (χ4n) is 1.07. The van der Waals surface area contributed by atoms with E-state index in [0.29, 0.717) is 21.7 Å². The van der Waals surface area contributed by atoms with Gasteiger partial charge in [0.1, 0.15) is 0 Å². The second-order valence-corrected chi connectivity index (χ2v) is 4.59. The average Bonchev–Trinajstić information content (AvgIpc) is 2.24. The summed E-state index contributed by atoms with van der Waals surface area (Å²) >= 11 is 11.8. The molecule has 0 aliphatic heterocycles. The Morgan fingerprint density at radius 3 is 2.71 bits per heavy atom. The standard InChI is InChI=1S/C12H14Cl2N2O/c1-8(2)6-7-15-12(17)16-10-5-3-4-9(13)11(10)14/h3-8H,1-2H3,(H2,15,16,17)/b7-6+. The SMILES string of the molecule is CC(C)/C=C/NC(=O)Nc1cccc(Cl)c1Cl. The third-order valence-electron chi connectivity index (χ3n) is 1.90. The maximum absolute atomic E-state index is 11.5. The first-order valence-electron chi connectivity index (χ1n) is 5.19. The van der Waals surface area contributed by atoms with Crippen LogP contribution in [-0.4, -0.2) is 6.03 Å². The van der Waals surface area contributed by atoms with Gasteiger partial charge in [-0.2, -0.15) is 0 Å². The summed E-state index contributed by atoms with van der Waals surface area (Å²) in [6, 6.07) is 4.70. The van der Waals surface area contributed by atoms with Gasteiger partial charge in [0.05, 0.1) is 15.7 Å². The second-order valence-electron chi connectivity index (χ2n) is 3.80. The van der Waals surface area contributed by atoms with Crippen molar-refractivity contribution in [3.05, 3.63) is 40.5 Å². The largest absolute Gasteiger partial charge is 0.323 e. The predicted octanol–water partition coefficient (Wildman–Crippen LogP) is 4.28. The zero-order valence-electron chi connectivity index (χ0n) is 9.63. The Bertz CT molecular complexity index is 431. The monoisotopic (exact) mass is 272 g/mol. The molecule has 0 unspecified atom stereocenters. The van der Waals surface area contributed by atoms with Crippen molar-refractivity contribution in [3.63, 3.8) is 0 Å². The van der Waals surface area contributed by atoms with Crippen molar-refractivity contribution in [2.24, 2.45) is 5.92 Å². The maximum Gasteiger partial charge on any atom is 0.323 e. The van der Waals surface area contributed by atoms with Crippen molar-refractivity contribution in [2.75, 3.05) is 5.32 Å². The molecule has 2 amide bonds. The fourth-order valence-corrected chi connectivity index (χ4v) is 1.42. The Labute approximate surface area is 111 Å².